The Hall–Kier alpha value is -2.45. The second-order valence-electron chi connectivity index (χ2n) is 3.49. The Morgan fingerprint density at radius 1 is 1.24 bits per heavy atom. The molecule has 17 heavy (non-hydrogen) atoms. The normalized spacial score (nSPS) is 13.9. The third-order valence-corrected chi connectivity index (χ3v) is 2.30. The van der Waals surface area contributed by atoms with E-state index in [1.54, 1.807) is 42.5 Å². The van der Waals surface area contributed by atoms with E-state index in [0.717, 1.165) is 0 Å². The Labute approximate surface area is 98.5 Å². The first kappa shape index (κ1) is 11.0. The van der Waals surface area contributed by atoms with Gasteiger partial charge >= 0.3 is 5.97 Å². The van der Waals surface area contributed by atoms with Gasteiger partial charge in [0.25, 0.3) is 5.71 Å². The Balaban J connectivity index is 2.06. The van der Waals surface area contributed by atoms with Crippen LogP contribution in [0.5, 0.6) is 5.75 Å². The van der Waals surface area contributed by atoms with Gasteiger partial charge in [0.15, 0.2) is 0 Å². The van der Waals surface area contributed by atoms with Crippen molar-refractivity contribution >= 4 is 11.7 Å². The number of allylic oxidation sites excluding steroid dienone is 2. The smallest absolute Gasteiger partial charge is 0.343 e. The van der Waals surface area contributed by atoms with Crippen LogP contribution in [0.4, 0.5) is 0 Å². The van der Waals surface area contributed by atoms with Crippen LogP contribution in [0.25, 0.3) is 5.53 Å². The summed E-state index contributed by atoms with van der Waals surface area (Å²) in [5.41, 5.74) is 9.52. The number of benzene rings is 1. The van der Waals surface area contributed by atoms with Crippen LogP contribution in [0.3, 0.4) is 0 Å². The minimum atomic E-state index is -0.413. The van der Waals surface area contributed by atoms with E-state index in [0.29, 0.717) is 23.5 Å². The largest absolute Gasteiger partial charge is 0.423 e. The summed E-state index contributed by atoms with van der Waals surface area (Å²) in [5, 5.41) is 0. The van der Waals surface area contributed by atoms with Crippen LogP contribution in [-0.4, -0.2) is 16.5 Å². The van der Waals surface area contributed by atoms with E-state index in [1.165, 1.54) is 0 Å². The number of para-hydroxylation sites is 1. The first-order chi connectivity index (χ1) is 8.29. The number of nitrogens with zero attached hydrogens (tertiary/aromatic N) is 2. The molecule has 4 nitrogen and oxygen atoms in total. The van der Waals surface area contributed by atoms with Crippen LogP contribution in [0.2, 0.25) is 0 Å². The molecule has 1 aromatic rings. The van der Waals surface area contributed by atoms with Gasteiger partial charge in [-0.2, -0.15) is 4.79 Å². The summed E-state index contributed by atoms with van der Waals surface area (Å²) >= 11 is 0. The minimum absolute atomic E-state index is 0.413. The summed E-state index contributed by atoms with van der Waals surface area (Å²) in [5.74, 6) is 0.0952. The molecule has 0 atom stereocenters. The van der Waals surface area contributed by atoms with E-state index in [-0.39, 0.29) is 0 Å². The lowest BCUT2D eigenvalue weighted by Gasteiger charge is -2.05. The maximum atomic E-state index is 11.7. The maximum absolute atomic E-state index is 11.7. The molecule has 0 amide bonds. The summed E-state index contributed by atoms with van der Waals surface area (Å²) in [6.07, 6.45) is 5.25. The molecule has 2 rings (SSSR count). The van der Waals surface area contributed by atoms with Gasteiger partial charge in [-0.25, -0.2) is 4.79 Å². The Kier molecular flexibility index (Phi) is 3.28. The van der Waals surface area contributed by atoms with Crippen LogP contribution < -0.4 is 4.74 Å². The maximum Gasteiger partial charge on any atom is 0.343 e. The number of carbonyl (C=O) groups excluding carboxylic acids is 1. The average Bonchev–Trinajstić information content (AvgIpc) is 2.40. The average molecular weight is 226 g/mol. The SMILES string of the molecule is [N-]=[N+]=C1C=CC(C(=O)Oc2ccccc2)=CC1. The second kappa shape index (κ2) is 5.05. The van der Waals surface area contributed by atoms with E-state index >= 15 is 0 Å². The zero-order valence-corrected chi connectivity index (χ0v) is 9.04. The number of hydrogen-bond donors (Lipinski definition) is 0. The lowest BCUT2D eigenvalue weighted by atomic mass is 10.1. The van der Waals surface area contributed by atoms with E-state index in [1.807, 2.05) is 6.07 Å². The summed E-state index contributed by atoms with van der Waals surface area (Å²) in [4.78, 5) is 14.8. The van der Waals surface area contributed by atoms with Crippen molar-refractivity contribution in [3.63, 3.8) is 0 Å². The highest BCUT2D eigenvalue weighted by atomic mass is 16.5. The minimum Gasteiger partial charge on any atom is -0.423 e. The molecule has 0 spiro atoms. The van der Waals surface area contributed by atoms with Crippen molar-refractivity contribution in [2.75, 3.05) is 0 Å². The van der Waals surface area contributed by atoms with Crippen LogP contribution >= 0.6 is 0 Å². The molecular weight excluding hydrogens is 216 g/mol. The van der Waals surface area contributed by atoms with Crippen molar-refractivity contribution in [3.8, 4) is 5.75 Å². The molecule has 1 aliphatic rings. The Morgan fingerprint density at radius 3 is 2.59 bits per heavy atom. The number of hydrogen-bond acceptors (Lipinski definition) is 2. The van der Waals surface area contributed by atoms with Crippen molar-refractivity contribution in [1.29, 1.82) is 0 Å². The molecule has 4 heteroatoms. The van der Waals surface area contributed by atoms with Crippen molar-refractivity contribution in [2.24, 2.45) is 0 Å². The Morgan fingerprint density at radius 2 is 2.00 bits per heavy atom. The van der Waals surface area contributed by atoms with Crippen molar-refractivity contribution in [2.45, 2.75) is 6.42 Å². The molecule has 0 saturated heterocycles. The Bertz CT molecular complexity index is 538. The van der Waals surface area contributed by atoms with Gasteiger partial charge in [0.05, 0.1) is 12.0 Å². The predicted molar refractivity (Wildman–Crippen MR) is 62.5 cm³/mol. The molecule has 0 heterocycles. The van der Waals surface area contributed by atoms with E-state index < -0.39 is 5.97 Å². The van der Waals surface area contributed by atoms with Gasteiger partial charge in [0.1, 0.15) is 5.75 Å². The first-order valence-corrected chi connectivity index (χ1v) is 5.16. The molecule has 1 aromatic carbocycles. The molecule has 0 bridgehead atoms. The van der Waals surface area contributed by atoms with Gasteiger partial charge < -0.3 is 10.3 Å². The van der Waals surface area contributed by atoms with Gasteiger partial charge in [-0.1, -0.05) is 24.3 Å². The molecule has 0 saturated carbocycles. The fraction of sp³-hybridized carbons (Fsp3) is 0.0769. The fourth-order valence-electron chi connectivity index (χ4n) is 1.42. The summed E-state index contributed by atoms with van der Waals surface area (Å²) in [7, 11) is 0. The third kappa shape index (κ3) is 2.77. The summed E-state index contributed by atoms with van der Waals surface area (Å²) in [6.45, 7) is 0. The molecule has 0 N–H and O–H groups in total. The van der Waals surface area contributed by atoms with E-state index in [9.17, 15) is 4.79 Å². The van der Waals surface area contributed by atoms with Crippen molar-refractivity contribution < 1.29 is 14.3 Å². The van der Waals surface area contributed by atoms with Crippen LogP contribution in [0.1, 0.15) is 6.42 Å². The van der Waals surface area contributed by atoms with E-state index in [4.69, 9.17) is 10.3 Å². The zero-order chi connectivity index (χ0) is 12.1. The number of esters is 1. The third-order valence-electron chi connectivity index (χ3n) is 2.30. The first-order valence-electron chi connectivity index (χ1n) is 5.16. The highest BCUT2D eigenvalue weighted by Gasteiger charge is 2.15. The van der Waals surface area contributed by atoms with Crippen LogP contribution in [0.15, 0.2) is 54.1 Å². The van der Waals surface area contributed by atoms with Crippen molar-refractivity contribution in [1.82, 2.24) is 0 Å². The van der Waals surface area contributed by atoms with Crippen LogP contribution in [-0.2, 0) is 4.79 Å². The van der Waals surface area contributed by atoms with Gasteiger partial charge in [0.2, 0.25) is 0 Å². The standard InChI is InChI=1S/C13H10N2O2/c14-15-11-8-6-10(7-9-11)13(16)17-12-4-2-1-3-5-12/h1-8H,9H2. The molecule has 0 unspecified atom stereocenters. The van der Waals surface area contributed by atoms with Crippen LogP contribution in [0, 0.1) is 0 Å². The molecule has 0 fully saturated rings. The number of rotatable bonds is 2. The topological polar surface area (TPSA) is 62.7 Å². The molecule has 0 aliphatic heterocycles. The zero-order valence-electron chi connectivity index (χ0n) is 9.04. The lowest BCUT2D eigenvalue weighted by molar-refractivity contribution is -0.129. The summed E-state index contributed by atoms with van der Waals surface area (Å²) in [6, 6.07) is 8.87. The van der Waals surface area contributed by atoms with Crippen molar-refractivity contribution in [3.05, 3.63) is 59.7 Å². The fourth-order valence-corrected chi connectivity index (χ4v) is 1.42. The summed E-state index contributed by atoms with van der Waals surface area (Å²) < 4.78 is 5.16. The quantitative estimate of drug-likeness (QED) is 0.335. The van der Waals surface area contributed by atoms with Gasteiger partial charge in [0, 0.05) is 6.08 Å². The monoisotopic (exact) mass is 226 g/mol. The number of carbonyl (C=O) groups is 1. The highest BCUT2D eigenvalue weighted by molar-refractivity contribution is 6.00. The highest BCUT2D eigenvalue weighted by Crippen LogP contribution is 2.14. The molecule has 1 aliphatic carbocycles. The molecule has 0 aromatic heterocycles. The lowest BCUT2D eigenvalue weighted by Crippen LogP contribution is -2.12. The van der Waals surface area contributed by atoms with Gasteiger partial charge in [-0.05, 0) is 18.2 Å². The van der Waals surface area contributed by atoms with Gasteiger partial charge in [-0.15, -0.1) is 0 Å². The molecular formula is C13H10N2O2. The predicted octanol–water partition coefficient (Wildman–Crippen LogP) is 2.15. The number of ether oxygens (including phenoxy) is 1. The van der Waals surface area contributed by atoms with E-state index in [2.05, 4.69) is 4.79 Å². The molecule has 84 valence electrons. The second-order valence-corrected chi connectivity index (χ2v) is 3.49. The molecule has 0 radical (unpaired) electrons. The van der Waals surface area contributed by atoms with Gasteiger partial charge in [-0.3, -0.25) is 0 Å².